The highest BCUT2D eigenvalue weighted by Crippen LogP contribution is 2.34. The summed E-state index contributed by atoms with van der Waals surface area (Å²) < 4.78 is 49.5. The van der Waals surface area contributed by atoms with Crippen LogP contribution < -0.4 is 0 Å². The maximum Gasteiger partial charge on any atom is 0.416 e. The molecule has 0 aliphatic rings. The molecular weight excluding hydrogens is 200 g/mol. The van der Waals surface area contributed by atoms with Crippen molar-refractivity contribution in [2.24, 2.45) is 0 Å². The van der Waals surface area contributed by atoms with Crippen molar-refractivity contribution in [1.29, 1.82) is 0 Å². The Kier molecular flexibility index (Phi) is 2.80. The van der Waals surface area contributed by atoms with Crippen molar-refractivity contribution in [3.8, 4) is 0 Å². The molecule has 14 heavy (non-hydrogen) atoms. The van der Waals surface area contributed by atoms with Gasteiger partial charge in [-0.2, -0.15) is 13.2 Å². The Hall–Kier alpha value is -1.10. The molecule has 0 amide bonds. The van der Waals surface area contributed by atoms with Crippen molar-refractivity contribution < 1.29 is 22.7 Å². The van der Waals surface area contributed by atoms with Crippen LogP contribution in [0, 0.1) is 5.82 Å². The zero-order valence-corrected chi connectivity index (χ0v) is 7.27. The van der Waals surface area contributed by atoms with Crippen molar-refractivity contribution in [3.05, 3.63) is 35.1 Å². The van der Waals surface area contributed by atoms with Crippen LogP contribution in [0.2, 0.25) is 0 Å². The van der Waals surface area contributed by atoms with Crippen molar-refractivity contribution in [2.45, 2.75) is 19.2 Å². The summed E-state index contributed by atoms with van der Waals surface area (Å²) in [5, 5.41) is 9.03. The summed E-state index contributed by atoms with van der Waals surface area (Å²) in [4.78, 5) is 0. The van der Waals surface area contributed by atoms with Gasteiger partial charge in [-0.3, -0.25) is 0 Å². The lowest BCUT2D eigenvalue weighted by atomic mass is 10.0. The van der Waals surface area contributed by atoms with Crippen LogP contribution in [0.5, 0.6) is 0 Å². The van der Waals surface area contributed by atoms with Crippen molar-refractivity contribution in [3.63, 3.8) is 0 Å². The highest BCUT2D eigenvalue weighted by molar-refractivity contribution is 5.31. The predicted octanol–water partition coefficient (Wildman–Crippen LogP) is 2.90. The first-order valence-electron chi connectivity index (χ1n) is 3.87. The van der Waals surface area contributed by atoms with Crippen LogP contribution in [0.1, 0.15) is 24.2 Å². The van der Waals surface area contributed by atoms with E-state index in [1.807, 2.05) is 0 Å². The second-order valence-corrected chi connectivity index (χ2v) is 2.91. The zero-order chi connectivity index (χ0) is 10.9. The Bertz CT molecular complexity index is 330. The van der Waals surface area contributed by atoms with E-state index in [2.05, 4.69) is 0 Å². The lowest BCUT2D eigenvalue weighted by molar-refractivity contribution is -0.139. The third-order valence-corrected chi connectivity index (χ3v) is 1.77. The summed E-state index contributed by atoms with van der Waals surface area (Å²) in [6.07, 6.45) is -5.91. The predicted molar refractivity (Wildman–Crippen MR) is 42.0 cm³/mol. The first-order valence-corrected chi connectivity index (χ1v) is 3.87. The molecule has 0 unspecified atom stereocenters. The third kappa shape index (κ3) is 2.23. The van der Waals surface area contributed by atoms with Crippen LogP contribution in [0.3, 0.4) is 0 Å². The standard InChI is InChI=1S/C9H8F4O/c1-5(14)7-4-6(10)2-3-8(7)9(11,12)13/h2-5,14H,1H3/t5-/m1/s1. The zero-order valence-electron chi connectivity index (χ0n) is 7.27. The highest BCUT2D eigenvalue weighted by atomic mass is 19.4. The number of aliphatic hydroxyl groups excluding tert-OH is 1. The fraction of sp³-hybridized carbons (Fsp3) is 0.333. The van der Waals surface area contributed by atoms with Gasteiger partial charge < -0.3 is 5.11 Å². The average Bonchev–Trinajstić information content (AvgIpc) is 2.01. The smallest absolute Gasteiger partial charge is 0.389 e. The van der Waals surface area contributed by atoms with Crippen LogP contribution in [0.25, 0.3) is 0 Å². The van der Waals surface area contributed by atoms with E-state index in [0.717, 1.165) is 6.92 Å². The van der Waals surface area contributed by atoms with Gasteiger partial charge in [-0.1, -0.05) is 0 Å². The SMILES string of the molecule is C[C@@H](O)c1cc(F)ccc1C(F)(F)F. The molecule has 1 rings (SSSR count). The van der Waals surface area contributed by atoms with E-state index in [9.17, 15) is 17.6 Å². The Morgan fingerprint density at radius 2 is 1.86 bits per heavy atom. The summed E-state index contributed by atoms with van der Waals surface area (Å²) in [6, 6.07) is 2.03. The lowest BCUT2D eigenvalue weighted by Gasteiger charge is -2.14. The fourth-order valence-electron chi connectivity index (χ4n) is 1.14. The number of benzene rings is 1. The average molecular weight is 208 g/mol. The van der Waals surface area contributed by atoms with Gasteiger partial charge in [0.25, 0.3) is 0 Å². The van der Waals surface area contributed by atoms with Gasteiger partial charge in [0.1, 0.15) is 5.82 Å². The Morgan fingerprint density at radius 1 is 1.29 bits per heavy atom. The van der Waals surface area contributed by atoms with Crippen LogP contribution in [0.4, 0.5) is 17.6 Å². The minimum absolute atomic E-state index is 0.447. The largest absolute Gasteiger partial charge is 0.416 e. The van der Waals surface area contributed by atoms with Gasteiger partial charge in [-0.25, -0.2) is 4.39 Å². The summed E-state index contributed by atoms with van der Waals surface area (Å²) in [5.74, 6) is -0.797. The topological polar surface area (TPSA) is 20.2 Å². The van der Waals surface area contributed by atoms with Gasteiger partial charge >= 0.3 is 6.18 Å². The van der Waals surface area contributed by atoms with Crippen LogP contribution in [-0.2, 0) is 6.18 Å². The van der Waals surface area contributed by atoms with Crippen LogP contribution >= 0.6 is 0 Å². The molecule has 1 atom stereocenters. The molecule has 0 aliphatic heterocycles. The number of hydrogen-bond acceptors (Lipinski definition) is 1. The summed E-state index contributed by atoms with van der Waals surface area (Å²) in [6.45, 7) is 1.16. The number of hydrogen-bond donors (Lipinski definition) is 1. The molecular formula is C9H8F4O. The van der Waals surface area contributed by atoms with Crippen LogP contribution in [-0.4, -0.2) is 5.11 Å². The Balaban J connectivity index is 3.29. The Labute approximate surface area is 78.0 Å². The molecule has 1 aromatic carbocycles. The molecule has 0 bridgehead atoms. The van der Waals surface area contributed by atoms with Crippen molar-refractivity contribution >= 4 is 0 Å². The number of alkyl halides is 3. The fourth-order valence-corrected chi connectivity index (χ4v) is 1.14. The van der Waals surface area contributed by atoms with Gasteiger partial charge in [0, 0.05) is 0 Å². The first kappa shape index (κ1) is 11.0. The van der Waals surface area contributed by atoms with Gasteiger partial charge in [0.05, 0.1) is 11.7 Å². The molecule has 0 saturated carbocycles. The van der Waals surface area contributed by atoms with E-state index in [1.54, 1.807) is 0 Å². The maximum absolute atomic E-state index is 12.6. The molecule has 0 heterocycles. The van der Waals surface area contributed by atoms with Crippen molar-refractivity contribution in [1.82, 2.24) is 0 Å². The molecule has 1 aromatic rings. The normalized spacial score (nSPS) is 14.1. The molecule has 78 valence electrons. The quantitative estimate of drug-likeness (QED) is 0.703. The number of aliphatic hydroxyl groups is 1. The molecule has 0 aliphatic carbocycles. The minimum atomic E-state index is -4.57. The molecule has 1 nitrogen and oxygen atoms in total. The minimum Gasteiger partial charge on any atom is -0.389 e. The van der Waals surface area contributed by atoms with Crippen LogP contribution in [0.15, 0.2) is 18.2 Å². The third-order valence-electron chi connectivity index (χ3n) is 1.77. The molecule has 0 aromatic heterocycles. The second kappa shape index (κ2) is 3.57. The molecule has 0 spiro atoms. The maximum atomic E-state index is 12.6. The molecule has 5 heteroatoms. The molecule has 0 saturated heterocycles. The van der Waals surface area contributed by atoms with Crippen molar-refractivity contribution in [2.75, 3.05) is 0 Å². The Morgan fingerprint density at radius 3 is 2.29 bits per heavy atom. The second-order valence-electron chi connectivity index (χ2n) is 2.91. The molecule has 0 fully saturated rings. The summed E-state index contributed by atoms with van der Waals surface area (Å²) in [5.41, 5.74) is -1.45. The monoisotopic (exact) mass is 208 g/mol. The molecule has 0 radical (unpaired) electrons. The number of halogens is 4. The van der Waals surface area contributed by atoms with Gasteiger partial charge in [-0.15, -0.1) is 0 Å². The summed E-state index contributed by atoms with van der Waals surface area (Å²) >= 11 is 0. The van der Waals surface area contributed by atoms with E-state index in [4.69, 9.17) is 5.11 Å². The molecule has 1 N–H and O–H groups in total. The van der Waals surface area contributed by atoms with Gasteiger partial charge in [0.2, 0.25) is 0 Å². The van der Waals surface area contributed by atoms with Gasteiger partial charge in [0.15, 0.2) is 0 Å². The number of rotatable bonds is 1. The van der Waals surface area contributed by atoms with E-state index in [0.29, 0.717) is 18.2 Å². The van der Waals surface area contributed by atoms with Gasteiger partial charge in [-0.05, 0) is 30.7 Å². The highest BCUT2D eigenvalue weighted by Gasteiger charge is 2.34. The van der Waals surface area contributed by atoms with E-state index < -0.39 is 29.2 Å². The van der Waals surface area contributed by atoms with E-state index in [1.165, 1.54) is 0 Å². The first-order chi connectivity index (χ1) is 6.32. The van der Waals surface area contributed by atoms with E-state index >= 15 is 0 Å². The summed E-state index contributed by atoms with van der Waals surface area (Å²) in [7, 11) is 0. The van der Waals surface area contributed by atoms with E-state index in [-0.39, 0.29) is 0 Å². The lowest BCUT2D eigenvalue weighted by Crippen LogP contribution is -2.11.